The number of carbonyl (C=O) groups excluding carboxylic acids is 1. The fraction of sp³-hybridized carbons (Fsp3) is 0.569. The molecule has 0 saturated carbocycles. The van der Waals surface area contributed by atoms with Crippen LogP contribution < -0.4 is 0 Å². The van der Waals surface area contributed by atoms with E-state index < -0.39 is 11.8 Å². The van der Waals surface area contributed by atoms with Gasteiger partial charge in [0.15, 0.2) is 5.82 Å². The van der Waals surface area contributed by atoms with Crippen molar-refractivity contribution in [2.45, 2.75) is 158 Å². The van der Waals surface area contributed by atoms with Crippen molar-refractivity contribution in [2.75, 3.05) is 46.2 Å². The summed E-state index contributed by atoms with van der Waals surface area (Å²) in [6.45, 7) is 27.5. The predicted molar refractivity (Wildman–Crippen MR) is 307 cm³/mol. The van der Waals surface area contributed by atoms with E-state index >= 15 is 4.39 Å². The molecule has 0 aliphatic heterocycles. The van der Waals surface area contributed by atoms with Gasteiger partial charge in [-0.3, -0.25) is 0 Å². The van der Waals surface area contributed by atoms with Gasteiger partial charge in [-0.15, -0.1) is 68.0 Å². The molecule has 7 rings (SSSR count). The molecule has 0 spiro atoms. The molecular weight excluding hydrogens is 988 g/mol. The van der Waals surface area contributed by atoms with Gasteiger partial charge in [0, 0.05) is 77.4 Å². The molecular formula is C58H77FO5S6. The predicted octanol–water partition coefficient (Wildman–Crippen LogP) is 19.4. The molecule has 0 fully saturated rings. The number of carbonyl (C=O) groups is 1. The van der Waals surface area contributed by atoms with Crippen LogP contribution in [0.2, 0.25) is 0 Å². The van der Waals surface area contributed by atoms with Crippen LogP contribution in [0.15, 0.2) is 36.4 Å². The maximum absolute atomic E-state index is 16.9. The summed E-state index contributed by atoms with van der Waals surface area (Å²) in [6.07, 6.45) is 13.2. The minimum absolute atomic E-state index is 0.0174. The first kappa shape index (κ1) is 55.2. The number of ether oxygens (including phenoxy) is 4. The maximum atomic E-state index is 16.9. The molecule has 6 aromatic heterocycles. The standard InChI is InChI=1S/C58H77FO5S6/c1-12-18-20-36(14-3)32-38-22-24-42(65-38)46-40-34-44(52-53-48(55(70-52)57(7,8)9)49(59)54(69-53)56(60)64-31-30-63-29-28-62-27-26-61-17-6)67-50(40)47(41-35-45(68-51(41)46)58(10,11)16-5)43-25-23-39(66-43)33-37(15-4)21-19-13-2/h22-25,34-37H,12-21,26-33H2,1-11H3. The zero-order chi connectivity index (χ0) is 50.2. The van der Waals surface area contributed by atoms with Gasteiger partial charge in [-0.1, -0.05) is 121 Å². The SMILES string of the molecule is CCCCC(CC)Cc1ccc(-c2c3cc(C(C)(C)CC)sc3c(-c3ccc(CC(CC)CCCC)s3)c3cc(-c4sc(C(C)(C)C)c5c(F)c(C(=O)OCCOCCOCCOCC)sc45)sc23)s1. The number of fused-ring (bicyclic) bond motifs is 3. The summed E-state index contributed by atoms with van der Waals surface area (Å²) in [5.41, 5.74) is 2.32. The van der Waals surface area contributed by atoms with Gasteiger partial charge in [0.2, 0.25) is 0 Å². The van der Waals surface area contributed by atoms with E-state index in [0.717, 1.165) is 38.6 Å². The van der Waals surface area contributed by atoms with Crippen molar-refractivity contribution in [3.63, 3.8) is 0 Å². The third kappa shape index (κ3) is 12.7. The van der Waals surface area contributed by atoms with Gasteiger partial charge in [-0.2, -0.15) is 0 Å². The lowest BCUT2D eigenvalue weighted by atomic mass is 9.88. The van der Waals surface area contributed by atoms with E-state index in [1.165, 1.54) is 118 Å². The second kappa shape index (κ2) is 25.1. The third-order valence-electron chi connectivity index (χ3n) is 13.9. The highest BCUT2D eigenvalue weighted by atomic mass is 32.1. The van der Waals surface area contributed by atoms with Crippen molar-refractivity contribution in [2.24, 2.45) is 11.8 Å². The number of esters is 1. The van der Waals surface area contributed by atoms with Crippen LogP contribution in [0.1, 0.15) is 163 Å². The van der Waals surface area contributed by atoms with E-state index in [4.69, 9.17) is 18.9 Å². The molecule has 0 bridgehead atoms. The minimum atomic E-state index is -0.653. The topological polar surface area (TPSA) is 54.0 Å². The van der Waals surface area contributed by atoms with Crippen LogP contribution in [0, 0.1) is 17.7 Å². The van der Waals surface area contributed by atoms with Crippen LogP contribution in [0.5, 0.6) is 0 Å². The normalized spacial score (nSPS) is 13.4. The van der Waals surface area contributed by atoms with Crippen molar-refractivity contribution >= 4 is 104 Å². The van der Waals surface area contributed by atoms with Gasteiger partial charge in [-0.25, -0.2) is 9.18 Å². The minimum Gasteiger partial charge on any atom is -0.459 e. The summed E-state index contributed by atoms with van der Waals surface area (Å²) >= 11 is 10.7. The largest absolute Gasteiger partial charge is 0.459 e. The zero-order valence-electron chi connectivity index (χ0n) is 43.7. The Morgan fingerprint density at radius 1 is 0.614 bits per heavy atom. The Morgan fingerprint density at radius 2 is 1.16 bits per heavy atom. The Bertz CT molecular complexity index is 2680. The summed E-state index contributed by atoms with van der Waals surface area (Å²) < 4.78 is 42.5. The Hall–Kier alpha value is -2.52. The van der Waals surface area contributed by atoms with Crippen molar-refractivity contribution in [1.82, 2.24) is 0 Å². The summed E-state index contributed by atoms with van der Waals surface area (Å²) in [6, 6.07) is 14.5. The number of hydrogen-bond donors (Lipinski definition) is 0. The molecule has 0 amide bonds. The lowest BCUT2D eigenvalue weighted by Crippen LogP contribution is -2.14. The van der Waals surface area contributed by atoms with E-state index in [1.807, 2.05) is 52.3 Å². The third-order valence-corrected chi connectivity index (χ3v) is 21.9. The molecule has 0 aliphatic rings. The number of halogens is 1. The van der Waals surface area contributed by atoms with Crippen molar-refractivity contribution in [1.29, 1.82) is 0 Å². The van der Waals surface area contributed by atoms with E-state index in [2.05, 4.69) is 106 Å². The highest BCUT2D eigenvalue weighted by Crippen LogP contribution is 2.57. The number of unbranched alkanes of at least 4 members (excludes halogenated alkanes) is 2. The van der Waals surface area contributed by atoms with Crippen LogP contribution in [0.3, 0.4) is 0 Å². The van der Waals surface area contributed by atoms with Gasteiger partial charge in [-0.05, 0) is 85.3 Å². The van der Waals surface area contributed by atoms with Gasteiger partial charge in [0.25, 0.3) is 0 Å². The molecule has 0 saturated heterocycles. The first-order valence-electron chi connectivity index (χ1n) is 26.0. The molecule has 0 N–H and O–H groups in total. The second-order valence-corrected chi connectivity index (χ2v) is 27.0. The smallest absolute Gasteiger partial charge is 0.351 e. The van der Waals surface area contributed by atoms with E-state index in [9.17, 15) is 4.79 Å². The van der Waals surface area contributed by atoms with Crippen molar-refractivity contribution in [3.05, 3.63) is 66.6 Å². The number of benzene rings is 1. The molecule has 6 heterocycles. The maximum Gasteiger partial charge on any atom is 0.351 e. The monoisotopic (exact) mass is 1060 g/mol. The Labute approximate surface area is 442 Å². The molecule has 2 unspecified atom stereocenters. The van der Waals surface area contributed by atoms with Crippen molar-refractivity contribution in [3.8, 4) is 30.6 Å². The van der Waals surface area contributed by atoms with Crippen LogP contribution >= 0.6 is 68.0 Å². The lowest BCUT2D eigenvalue weighted by Gasteiger charge is -2.20. The average Bonchev–Trinajstić information content (AvgIpc) is 4.21. The lowest BCUT2D eigenvalue weighted by molar-refractivity contribution is 0.00184. The molecule has 1 aromatic carbocycles. The van der Waals surface area contributed by atoms with Gasteiger partial charge in [0.1, 0.15) is 11.5 Å². The van der Waals surface area contributed by atoms with Crippen LogP contribution in [0.4, 0.5) is 4.39 Å². The Kier molecular flexibility index (Phi) is 19.8. The van der Waals surface area contributed by atoms with Crippen LogP contribution in [-0.4, -0.2) is 52.2 Å². The van der Waals surface area contributed by atoms with E-state index in [-0.39, 0.29) is 28.9 Å². The molecule has 0 aliphatic carbocycles. The van der Waals surface area contributed by atoms with Gasteiger partial charge in [0.05, 0.1) is 42.6 Å². The quantitative estimate of drug-likeness (QED) is 0.0361. The Balaban J connectivity index is 1.37. The average molecular weight is 1070 g/mol. The van der Waals surface area contributed by atoms with Gasteiger partial charge >= 0.3 is 5.97 Å². The summed E-state index contributed by atoms with van der Waals surface area (Å²) in [4.78, 5) is 23.8. The van der Waals surface area contributed by atoms with Crippen molar-refractivity contribution < 1.29 is 28.1 Å². The molecule has 2 atom stereocenters. The molecule has 70 heavy (non-hydrogen) atoms. The summed E-state index contributed by atoms with van der Waals surface area (Å²) in [5, 5.41) is 3.14. The van der Waals surface area contributed by atoms with E-state index in [1.54, 1.807) is 11.3 Å². The van der Waals surface area contributed by atoms with Crippen LogP contribution in [0.25, 0.3) is 60.9 Å². The number of thiophene rings is 6. The first-order valence-corrected chi connectivity index (χ1v) is 30.9. The summed E-state index contributed by atoms with van der Waals surface area (Å²) in [7, 11) is 0. The highest BCUT2D eigenvalue weighted by molar-refractivity contribution is 7.32. The van der Waals surface area contributed by atoms with Gasteiger partial charge < -0.3 is 18.9 Å². The van der Waals surface area contributed by atoms with Crippen LogP contribution in [-0.2, 0) is 42.6 Å². The Morgan fingerprint density at radius 3 is 1.69 bits per heavy atom. The van der Waals surface area contributed by atoms with E-state index in [0.29, 0.717) is 50.3 Å². The number of rotatable bonds is 28. The second-order valence-electron chi connectivity index (χ2n) is 20.5. The fourth-order valence-corrected chi connectivity index (χ4v) is 17.1. The molecule has 382 valence electrons. The molecule has 5 nitrogen and oxygen atoms in total. The first-order chi connectivity index (χ1) is 33.7. The summed E-state index contributed by atoms with van der Waals surface area (Å²) in [5.74, 6) is 0.230. The molecule has 12 heteroatoms. The fourth-order valence-electron chi connectivity index (χ4n) is 9.22. The molecule has 0 radical (unpaired) electrons. The highest BCUT2D eigenvalue weighted by Gasteiger charge is 2.33. The molecule has 7 aromatic rings. The zero-order valence-corrected chi connectivity index (χ0v) is 48.6. The number of hydrogen-bond acceptors (Lipinski definition) is 11.